The summed E-state index contributed by atoms with van der Waals surface area (Å²) in [7, 11) is 0. The van der Waals surface area contributed by atoms with Crippen LogP contribution in [0.5, 0.6) is 0 Å². The molecular formula is C22H25Cl2N5O. The molecule has 1 saturated heterocycles. The van der Waals surface area contributed by atoms with E-state index in [0.717, 1.165) is 26.2 Å². The van der Waals surface area contributed by atoms with Crippen molar-refractivity contribution < 1.29 is 4.79 Å². The number of carbonyl (C=O) groups excluding carboxylic acids is 1. The van der Waals surface area contributed by atoms with Crippen molar-refractivity contribution in [1.82, 2.24) is 4.90 Å². The number of piperazine rings is 1. The molecule has 0 radical (unpaired) electrons. The smallest absolute Gasteiger partial charge is 0.267 e. The number of halogens is 2. The van der Waals surface area contributed by atoms with Gasteiger partial charge in [0.15, 0.2) is 0 Å². The third-order valence-corrected chi connectivity index (χ3v) is 5.49. The van der Waals surface area contributed by atoms with Crippen LogP contribution in [0.2, 0.25) is 5.02 Å². The molecule has 6 nitrogen and oxygen atoms in total. The average Bonchev–Trinajstić information content (AvgIpc) is 2.71. The van der Waals surface area contributed by atoms with Crippen molar-refractivity contribution >= 4 is 47.0 Å². The molecule has 1 fully saturated rings. The van der Waals surface area contributed by atoms with Crippen molar-refractivity contribution in [2.45, 2.75) is 13.8 Å². The molecule has 1 aliphatic rings. The molecule has 0 aliphatic carbocycles. The largest absolute Gasteiger partial charge is 0.398 e. The van der Waals surface area contributed by atoms with E-state index in [1.165, 1.54) is 16.8 Å². The van der Waals surface area contributed by atoms with Gasteiger partial charge in [0.1, 0.15) is 11.6 Å². The van der Waals surface area contributed by atoms with Crippen LogP contribution >= 0.6 is 24.0 Å². The molecule has 0 atom stereocenters. The highest BCUT2D eigenvalue weighted by molar-refractivity contribution is 6.33. The number of nitriles is 1. The molecular weight excluding hydrogens is 421 g/mol. The number of nitrogens with two attached hydrogens (primary N) is 1. The van der Waals surface area contributed by atoms with Gasteiger partial charge < -0.3 is 20.9 Å². The number of carbonyl (C=O) groups is 1. The maximum Gasteiger partial charge on any atom is 0.267 e. The van der Waals surface area contributed by atoms with E-state index < -0.39 is 5.91 Å². The summed E-state index contributed by atoms with van der Waals surface area (Å²) >= 11 is 5.98. The Labute approximate surface area is 188 Å². The fourth-order valence-corrected chi connectivity index (χ4v) is 3.47. The van der Waals surface area contributed by atoms with Crippen molar-refractivity contribution in [2.75, 3.05) is 42.1 Å². The SMILES string of the molecule is Cc1cccc(N2CCN(/C=C(/C#N)C(=O)Nc3ccc(N)c(Cl)c3)CC2)c1C.Cl. The molecule has 3 rings (SSSR count). The van der Waals surface area contributed by atoms with Crippen LogP contribution in [-0.2, 0) is 4.79 Å². The third-order valence-electron chi connectivity index (χ3n) is 5.17. The van der Waals surface area contributed by atoms with E-state index in [0.29, 0.717) is 16.4 Å². The molecule has 158 valence electrons. The molecule has 30 heavy (non-hydrogen) atoms. The molecule has 1 amide bonds. The van der Waals surface area contributed by atoms with E-state index in [4.69, 9.17) is 17.3 Å². The van der Waals surface area contributed by atoms with E-state index in [-0.39, 0.29) is 18.0 Å². The quantitative estimate of drug-likeness (QED) is 0.419. The zero-order valence-corrected chi connectivity index (χ0v) is 18.6. The summed E-state index contributed by atoms with van der Waals surface area (Å²) in [6.07, 6.45) is 1.63. The van der Waals surface area contributed by atoms with Crippen molar-refractivity contribution in [3.05, 3.63) is 64.3 Å². The molecule has 0 bridgehead atoms. The second-order valence-corrected chi connectivity index (χ2v) is 7.49. The average molecular weight is 446 g/mol. The Hall–Kier alpha value is -2.88. The van der Waals surface area contributed by atoms with Crippen LogP contribution in [0.3, 0.4) is 0 Å². The van der Waals surface area contributed by atoms with Gasteiger partial charge in [-0.3, -0.25) is 4.79 Å². The summed E-state index contributed by atoms with van der Waals surface area (Å²) in [5, 5.41) is 12.5. The van der Waals surface area contributed by atoms with Crippen LogP contribution in [-0.4, -0.2) is 37.0 Å². The second-order valence-electron chi connectivity index (χ2n) is 7.09. The molecule has 0 aromatic heterocycles. The normalized spacial score (nSPS) is 14.0. The topological polar surface area (TPSA) is 85.4 Å². The van der Waals surface area contributed by atoms with E-state index in [1.54, 1.807) is 24.4 Å². The van der Waals surface area contributed by atoms with E-state index in [9.17, 15) is 10.1 Å². The lowest BCUT2D eigenvalue weighted by atomic mass is 10.1. The highest BCUT2D eigenvalue weighted by Gasteiger charge is 2.19. The number of hydrogen-bond acceptors (Lipinski definition) is 5. The van der Waals surface area contributed by atoms with Gasteiger partial charge in [0.25, 0.3) is 5.91 Å². The Morgan fingerprint density at radius 1 is 1.20 bits per heavy atom. The first-order valence-electron chi connectivity index (χ1n) is 9.42. The Morgan fingerprint density at radius 3 is 2.53 bits per heavy atom. The van der Waals surface area contributed by atoms with Gasteiger partial charge in [0.2, 0.25) is 0 Å². The molecule has 0 saturated carbocycles. The first-order valence-corrected chi connectivity index (χ1v) is 9.80. The summed E-state index contributed by atoms with van der Waals surface area (Å²) in [6.45, 7) is 7.38. The molecule has 2 aromatic carbocycles. The third kappa shape index (κ3) is 5.38. The Morgan fingerprint density at radius 2 is 1.90 bits per heavy atom. The van der Waals surface area contributed by atoms with Crippen LogP contribution in [0.1, 0.15) is 11.1 Å². The van der Waals surface area contributed by atoms with Crippen LogP contribution < -0.4 is 16.0 Å². The first kappa shape index (κ1) is 23.4. The highest BCUT2D eigenvalue weighted by atomic mass is 35.5. The van der Waals surface area contributed by atoms with Gasteiger partial charge in [0, 0.05) is 43.8 Å². The van der Waals surface area contributed by atoms with Crippen molar-refractivity contribution in [3.63, 3.8) is 0 Å². The number of nitrogen functional groups attached to an aromatic ring is 1. The zero-order valence-electron chi connectivity index (χ0n) is 17.0. The molecule has 1 aliphatic heterocycles. The van der Waals surface area contributed by atoms with Crippen LogP contribution in [0, 0.1) is 25.2 Å². The monoisotopic (exact) mass is 445 g/mol. The summed E-state index contributed by atoms with van der Waals surface area (Å²) in [5.74, 6) is -0.467. The van der Waals surface area contributed by atoms with E-state index in [2.05, 4.69) is 42.3 Å². The minimum atomic E-state index is -0.467. The minimum Gasteiger partial charge on any atom is -0.398 e. The summed E-state index contributed by atoms with van der Waals surface area (Å²) in [6, 6.07) is 13.1. The number of nitrogens with one attached hydrogen (secondary N) is 1. The van der Waals surface area contributed by atoms with E-state index in [1.807, 2.05) is 11.0 Å². The van der Waals surface area contributed by atoms with Gasteiger partial charge in [-0.1, -0.05) is 23.7 Å². The molecule has 0 spiro atoms. The molecule has 2 aromatic rings. The summed E-state index contributed by atoms with van der Waals surface area (Å²) in [4.78, 5) is 16.8. The lowest BCUT2D eigenvalue weighted by Gasteiger charge is -2.36. The number of amides is 1. The van der Waals surface area contributed by atoms with Crippen LogP contribution in [0.4, 0.5) is 17.1 Å². The lowest BCUT2D eigenvalue weighted by Crippen LogP contribution is -2.44. The van der Waals surface area contributed by atoms with Gasteiger partial charge >= 0.3 is 0 Å². The van der Waals surface area contributed by atoms with Crippen molar-refractivity contribution in [3.8, 4) is 6.07 Å². The number of anilines is 3. The van der Waals surface area contributed by atoms with Gasteiger partial charge in [-0.15, -0.1) is 12.4 Å². The fraction of sp³-hybridized carbons (Fsp3) is 0.273. The maximum absolute atomic E-state index is 12.5. The lowest BCUT2D eigenvalue weighted by molar-refractivity contribution is -0.112. The second kappa shape index (κ2) is 10.2. The Kier molecular flexibility index (Phi) is 7.99. The molecule has 1 heterocycles. The van der Waals surface area contributed by atoms with E-state index >= 15 is 0 Å². The number of hydrogen-bond donors (Lipinski definition) is 2. The number of nitrogens with zero attached hydrogens (tertiary/aromatic N) is 3. The maximum atomic E-state index is 12.5. The molecule has 8 heteroatoms. The van der Waals surface area contributed by atoms with Crippen molar-refractivity contribution in [2.24, 2.45) is 0 Å². The Balaban J connectivity index is 0.00000320. The van der Waals surface area contributed by atoms with Crippen LogP contribution in [0.15, 0.2) is 48.2 Å². The predicted molar refractivity (Wildman–Crippen MR) is 125 cm³/mol. The van der Waals surface area contributed by atoms with Gasteiger partial charge in [-0.25, -0.2) is 0 Å². The predicted octanol–water partition coefficient (Wildman–Crippen LogP) is 4.13. The van der Waals surface area contributed by atoms with Gasteiger partial charge in [0.05, 0.1) is 10.7 Å². The van der Waals surface area contributed by atoms with Gasteiger partial charge in [-0.2, -0.15) is 5.26 Å². The number of benzene rings is 2. The minimum absolute atomic E-state index is 0. The summed E-state index contributed by atoms with van der Waals surface area (Å²) in [5.41, 5.74) is 10.5. The fourth-order valence-electron chi connectivity index (χ4n) is 3.29. The molecule has 3 N–H and O–H groups in total. The number of aryl methyl sites for hydroxylation is 1. The zero-order chi connectivity index (χ0) is 21.0. The Bertz CT molecular complexity index is 992. The summed E-state index contributed by atoms with van der Waals surface area (Å²) < 4.78 is 0. The van der Waals surface area contributed by atoms with Gasteiger partial charge in [-0.05, 0) is 49.2 Å². The highest BCUT2D eigenvalue weighted by Crippen LogP contribution is 2.25. The first-order chi connectivity index (χ1) is 13.9. The molecule has 0 unspecified atom stereocenters. The van der Waals surface area contributed by atoms with Crippen LogP contribution in [0.25, 0.3) is 0 Å². The number of rotatable bonds is 4. The van der Waals surface area contributed by atoms with Crippen molar-refractivity contribution in [1.29, 1.82) is 5.26 Å². The standard InChI is InChI=1S/C22H24ClN5O.ClH/c1-15-4-3-5-21(16(15)2)28-10-8-27(9-11-28)14-17(13-24)22(29)26-18-6-7-20(25)19(23)12-18;/h3-7,12,14H,8-11,25H2,1-2H3,(H,26,29);1H/b17-14-;.